The van der Waals surface area contributed by atoms with Crippen molar-refractivity contribution in [1.29, 1.82) is 0 Å². The highest BCUT2D eigenvalue weighted by Gasteiger charge is 2.52. The van der Waals surface area contributed by atoms with Crippen LogP contribution in [0, 0.1) is 18.2 Å². The molecule has 0 amide bonds. The van der Waals surface area contributed by atoms with Crippen molar-refractivity contribution in [3.63, 3.8) is 0 Å². The van der Waals surface area contributed by atoms with E-state index in [0.29, 0.717) is 53.7 Å². The number of carbonyl (C=O) groups is 2. The summed E-state index contributed by atoms with van der Waals surface area (Å²) in [5.41, 5.74) is 0.961. The molecule has 4 N–H and O–H groups in total. The lowest BCUT2D eigenvalue weighted by Gasteiger charge is -2.32. The summed E-state index contributed by atoms with van der Waals surface area (Å²) in [7, 11) is 0. The molecule has 0 saturated heterocycles. The van der Waals surface area contributed by atoms with E-state index in [4.69, 9.17) is 9.72 Å². The van der Waals surface area contributed by atoms with Crippen LogP contribution in [0.15, 0.2) is 16.9 Å². The molecule has 41 heavy (non-hydrogen) atoms. The molecule has 0 radical (unpaired) electrons. The number of hydrogen-bond donors (Lipinski definition) is 4. The number of esters is 1. The number of hydrogen-bond acceptors (Lipinski definition) is 9. The van der Waals surface area contributed by atoms with E-state index in [-0.39, 0.29) is 37.3 Å². The summed E-state index contributed by atoms with van der Waals surface area (Å²) in [6.45, 7) is 2.88. The van der Waals surface area contributed by atoms with Crippen LogP contribution >= 0.6 is 0 Å². The number of fused-ring (bicyclic) bond motifs is 5. The predicted octanol–water partition coefficient (Wildman–Crippen LogP) is 1.76. The van der Waals surface area contributed by atoms with Gasteiger partial charge >= 0.3 is 5.97 Å². The summed E-state index contributed by atoms with van der Waals surface area (Å²) in [6, 6.07) is 2.44. The Hall–Kier alpha value is -3.51. The van der Waals surface area contributed by atoms with E-state index in [1.54, 1.807) is 19.9 Å². The van der Waals surface area contributed by atoms with Crippen molar-refractivity contribution in [3.05, 3.63) is 61.7 Å². The number of aliphatic hydroxyl groups excluding tert-OH is 2. The quantitative estimate of drug-likeness (QED) is 0.203. The van der Waals surface area contributed by atoms with Gasteiger partial charge in [0.15, 0.2) is 17.6 Å². The van der Waals surface area contributed by atoms with Crippen molar-refractivity contribution in [2.75, 3.05) is 6.61 Å². The van der Waals surface area contributed by atoms with Crippen molar-refractivity contribution in [2.24, 2.45) is 5.41 Å². The largest absolute Gasteiger partial charge is 0.458 e. The van der Waals surface area contributed by atoms with Gasteiger partial charge in [0.2, 0.25) is 0 Å². The Morgan fingerprint density at radius 2 is 2.02 bits per heavy atom. The van der Waals surface area contributed by atoms with E-state index in [1.807, 2.05) is 0 Å². The van der Waals surface area contributed by atoms with Crippen LogP contribution in [-0.2, 0) is 39.5 Å². The minimum Gasteiger partial charge on any atom is -0.458 e. The minimum absolute atomic E-state index is 0.00602. The molecular formula is C30H30FN3O7. The first-order valence-corrected chi connectivity index (χ1v) is 14.0. The second-order valence-corrected chi connectivity index (χ2v) is 11.8. The number of aliphatic hydroxyl groups is 3. The van der Waals surface area contributed by atoms with Gasteiger partial charge in [0.25, 0.3) is 5.56 Å². The van der Waals surface area contributed by atoms with Gasteiger partial charge in [-0.15, -0.1) is 0 Å². The number of pyridine rings is 2. The molecule has 3 aromatic rings. The SMILES string of the molecule is CC[C@@]1(O)C(=O)OCc2c1cc1n(c2=O)Cc2c-1nc1cc(F)c(C)c3c1c2[C@@H](NC(O)C(=O)C1(CO)CC1)CC3. The fraction of sp³-hybridized carbons (Fsp3) is 0.467. The van der Waals surface area contributed by atoms with E-state index in [9.17, 15) is 29.7 Å². The van der Waals surface area contributed by atoms with E-state index < -0.39 is 46.4 Å². The van der Waals surface area contributed by atoms with Crippen molar-refractivity contribution in [2.45, 2.75) is 77.0 Å². The Morgan fingerprint density at radius 3 is 2.71 bits per heavy atom. The van der Waals surface area contributed by atoms with Gasteiger partial charge in [-0.1, -0.05) is 6.92 Å². The maximum atomic E-state index is 15.1. The highest BCUT2D eigenvalue weighted by Crippen LogP contribution is 2.48. The number of rotatable bonds is 6. The van der Waals surface area contributed by atoms with Gasteiger partial charge in [-0.2, -0.15) is 0 Å². The Balaban J connectivity index is 1.43. The van der Waals surface area contributed by atoms with Crippen LogP contribution in [0.2, 0.25) is 0 Å². The van der Waals surface area contributed by atoms with E-state index in [2.05, 4.69) is 5.32 Å². The summed E-state index contributed by atoms with van der Waals surface area (Å²) in [4.78, 5) is 44.1. The fourth-order valence-electron chi connectivity index (χ4n) is 6.91. The highest BCUT2D eigenvalue weighted by atomic mass is 19.1. The third kappa shape index (κ3) is 3.49. The Bertz CT molecular complexity index is 1760. The molecule has 4 heterocycles. The van der Waals surface area contributed by atoms with Gasteiger partial charge in [-0.25, -0.2) is 14.2 Å². The van der Waals surface area contributed by atoms with Gasteiger partial charge in [-0.05, 0) is 61.8 Å². The van der Waals surface area contributed by atoms with Gasteiger partial charge < -0.3 is 24.6 Å². The summed E-state index contributed by atoms with van der Waals surface area (Å²) in [6.07, 6.45) is 0.465. The topological polar surface area (TPSA) is 151 Å². The maximum absolute atomic E-state index is 15.1. The molecule has 10 nitrogen and oxygen atoms in total. The third-order valence-corrected chi connectivity index (χ3v) is 9.66. The molecule has 7 rings (SSSR count). The number of ketones is 1. The van der Waals surface area contributed by atoms with E-state index in [0.717, 1.165) is 16.5 Å². The molecule has 1 aromatic carbocycles. The second-order valence-electron chi connectivity index (χ2n) is 11.8. The smallest absolute Gasteiger partial charge is 0.343 e. The lowest BCUT2D eigenvalue weighted by atomic mass is 9.81. The van der Waals surface area contributed by atoms with Gasteiger partial charge in [0, 0.05) is 28.6 Å². The number of cyclic esters (lactones) is 1. The molecule has 3 atom stereocenters. The third-order valence-electron chi connectivity index (χ3n) is 9.66. The van der Waals surface area contributed by atoms with Crippen molar-refractivity contribution in [1.82, 2.24) is 14.9 Å². The van der Waals surface area contributed by atoms with Crippen molar-refractivity contribution < 1.29 is 34.0 Å². The lowest BCUT2D eigenvalue weighted by Crippen LogP contribution is -2.44. The Kier molecular flexibility index (Phi) is 5.63. The molecule has 4 aliphatic rings. The molecule has 11 heteroatoms. The molecule has 2 aliphatic heterocycles. The maximum Gasteiger partial charge on any atom is 0.343 e. The first kappa shape index (κ1) is 26.4. The average molecular weight is 564 g/mol. The van der Waals surface area contributed by atoms with Gasteiger partial charge in [0.05, 0.1) is 41.0 Å². The van der Waals surface area contributed by atoms with Gasteiger partial charge in [0.1, 0.15) is 12.4 Å². The normalized spacial score (nSPS) is 24.0. The number of benzene rings is 1. The van der Waals surface area contributed by atoms with Gasteiger partial charge in [-0.3, -0.25) is 14.9 Å². The number of aryl methyl sites for hydroxylation is 1. The number of carbonyl (C=O) groups excluding carboxylic acids is 2. The van der Waals surface area contributed by atoms with Crippen molar-refractivity contribution in [3.8, 4) is 11.4 Å². The zero-order valence-corrected chi connectivity index (χ0v) is 22.7. The summed E-state index contributed by atoms with van der Waals surface area (Å²) in [5, 5.41) is 35.6. The summed E-state index contributed by atoms with van der Waals surface area (Å²) >= 11 is 0. The number of ether oxygens (including phenoxy) is 1. The molecule has 2 aromatic heterocycles. The average Bonchev–Trinajstić information content (AvgIpc) is 3.68. The van der Waals surface area contributed by atoms with Crippen molar-refractivity contribution >= 4 is 22.7 Å². The number of nitrogens with one attached hydrogen (secondary N) is 1. The monoisotopic (exact) mass is 563 g/mol. The zero-order valence-electron chi connectivity index (χ0n) is 22.7. The zero-order chi connectivity index (χ0) is 29.0. The Labute approximate surface area is 233 Å². The standard InChI is InChI=1S/C30H30FN3O7/c1-3-30(40)17-8-21-24-15(10-34(21)27(38)16(17)11-41-28(30)39)23-19(33-26(37)25(36)29(12-35)6-7-29)5-4-14-13(2)18(31)9-20(32-24)22(14)23/h8-9,19,26,33,35,37,40H,3-7,10-12H2,1-2H3/t19-,26?,30-/m0/s1. The van der Waals surface area contributed by atoms with Crippen LogP contribution in [0.1, 0.15) is 72.0 Å². The summed E-state index contributed by atoms with van der Waals surface area (Å²) < 4.78 is 21.7. The highest BCUT2D eigenvalue weighted by molar-refractivity contribution is 5.94. The number of nitrogens with zero attached hydrogens (tertiary/aromatic N) is 2. The molecule has 1 unspecified atom stereocenters. The lowest BCUT2D eigenvalue weighted by molar-refractivity contribution is -0.172. The van der Waals surface area contributed by atoms with Crippen LogP contribution in [0.3, 0.4) is 0 Å². The molecule has 2 aliphatic carbocycles. The number of halogens is 1. The first-order chi connectivity index (χ1) is 19.5. The Morgan fingerprint density at radius 1 is 1.27 bits per heavy atom. The fourth-order valence-corrected chi connectivity index (χ4v) is 6.91. The number of aromatic nitrogens is 2. The predicted molar refractivity (Wildman–Crippen MR) is 143 cm³/mol. The van der Waals surface area contributed by atoms with E-state index in [1.165, 1.54) is 10.6 Å². The molecular weight excluding hydrogens is 533 g/mol. The minimum atomic E-state index is -1.98. The first-order valence-electron chi connectivity index (χ1n) is 14.0. The van der Waals surface area contributed by atoms with Crippen LogP contribution < -0.4 is 10.9 Å². The van der Waals surface area contributed by atoms with Crippen LogP contribution in [0.5, 0.6) is 0 Å². The second kappa shape index (κ2) is 8.75. The van der Waals surface area contributed by atoms with Crippen LogP contribution in [0.25, 0.3) is 22.3 Å². The van der Waals surface area contributed by atoms with Crippen LogP contribution in [0.4, 0.5) is 4.39 Å². The van der Waals surface area contributed by atoms with E-state index >= 15 is 4.39 Å². The molecule has 0 spiro atoms. The summed E-state index contributed by atoms with van der Waals surface area (Å²) in [5.74, 6) is -1.69. The molecule has 214 valence electrons. The van der Waals surface area contributed by atoms with Crippen LogP contribution in [-0.4, -0.2) is 49.5 Å². The molecule has 1 saturated carbocycles. The number of Topliss-reactive ketones (excluding diaryl/α,β-unsaturated/α-hetero) is 1. The molecule has 1 fully saturated rings. The molecule has 0 bridgehead atoms.